The number of carbonyl (C=O) groups excluding carboxylic acids is 1. The van der Waals surface area contributed by atoms with Crippen molar-refractivity contribution in [1.29, 1.82) is 0 Å². The molecule has 7 heteroatoms. The van der Waals surface area contributed by atoms with E-state index in [2.05, 4.69) is 64.5 Å². The Bertz CT molecular complexity index is 1370. The van der Waals surface area contributed by atoms with E-state index in [1.54, 1.807) is 7.11 Å². The molecule has 0 aliphatic carbocycles. The fraction of sp³-hybridized carbons (Fsp3) is 0.323. The molecule has 1 aliphatic rings. The minimum atomic E-state index is -0.192. The Morgan fingerprint density at radius 3 is 2.63 bits per heavy atom. The number of methoxy groups -OCH3 is 1. The number of carbonyl (C=O) groups is 1. The van der Waals surface area contributed by atoms with Gasteiger partial charge in [0, 0.05) is 12.1 Å². The van der Waals surface area contributed by atoms with E-state index in [1.165, 1.54) is 11.1 Å². The highest BCUT2D eigenvalue weighted by Crippen LogP contribution is 2.28. The Hall–Kier alpha value is -3.97. The highest BCUT2D eigenvalue weighted by Gasteiger charge is 2.29. The average molecular weight is 511 g/mol. The van der Waals surface area contributed by atoms with Gasteiger partial charge < -0.3 is 14.6 Å². The maximum absolute atomic E-state index is 13.6. The molecule has 1 saturated heterocycles. The first-order valence-electron chi connectivity index (χ1n) is 13.1. The Labute approximate surface area is 223 Å². The fourth-order valence-corrected chi connectivity index (χ4v) is 5.18. The summed E-state index contributed by atoms with van der Waals surface area (Å²) in [6.07, 6.45) is 1.80. The van der Waals surface area contributed by atoms with Crippen molar-refractivity contribution in [1.82, 2.24) is 20.4 Å². The normalized spacial score (nSPS) is 16.7. The number of piperidine rings is 1. The van der Waals surface area contributed by atoms with Crippen LogP contribution in [0.3, 0.4) is 0 Å². The number of hydrogen-bond acceptors (Lipinski definition) is 6. The van der Waals surface area contributed by atoms with Gasteiger partial charge in [-0.15, -0.1) is 0 Å². The zero-order chi connectivity index (χ0) is 26.5. The van der Waals surface area contributed by atoms with Crippen LogP contribution in [0.4, 0.5) is 0 Å². The van der Waals surface area contributed by atoms with Gasteiger partial charge in [0.25, 0.3) is 0 Å². The molecule has 1 amide bonds. The fourth-order valence-electron chi connectivity index (χ4n) is 5.18. The van der Waals surface area contributed by atoms with Crippen molar-refractivity contribution in [3.63, 3.8) is 0 Å². The summed E-state index contributed by atoms with van der Waals surface area (Å²) in [6.45, 7) is 6.26. The lowest BCUT2D eigenvalue weighted by molar-refractivity contribution is -0.127. The number of aryl methyl sites for hydroxylation is 2. The topological polar surface area (TPSA) is 80.5 Å². The number of aromatic nitrogens is 2. The SMILES string of the molecule is COc1ccc(-c2noc(CN3CCCC(C(=O)NC(c4ccccc4)c4ccc(C)cc4C)C3)n2)cc1. The maximum atomic E-state index is 13.6. The third kappa shape index (κ3) is 5.94. The lowest BCUT2D eigenvalue weighted by Gasteiger charge is -2.32. The molecule has 0 spiro atoms. The van der Waals surface area contributed by atoms with Crippen LogP contribution >= 0.6 is 0 Å². The van der Waals surface area contributed by atoms with Gasteiger partial charge >= 0.3 is 0 Å². The molecule has 2 atom stereocenters. The van der Waals surface area contributed by atoms with Gasteiger partial charge in [-0.05, 0) is 74.2 Å². The second-order valence-corrected chi connectivity index (χ2v) is 10.0. The van der Waals surface area contributed by atoms with Crippen molar-refractivity contribution in [3.8, 4) is 17.1 Å². The van der Waals surface area contributed by atoms with Gasteiger partial charge in [-0.2, -0.15) is 4.98 Å². The van der Waals surface area contributed by atoms with E-state index in [9.17, 15) is 4.79 Å². The number of amides is 1. The Morgan fingerprint density at radius 2 is 1.89 bits per heavy atom. The molecule has 4 aromatic rings. The zero-order valence-electron chi connectivity index (χ0n) is 22.2. The van der Waals surface area contributed by atoms with E-state index in [0.717, 1.165) is 41.8 Å². The molecule has 38 heavy (non-hydrogen) atoms. The third-order valence-electron chi connectivity index (χ3n) is 7.21. The Kier molecular flexibility index (Phi) is 7.84. The summed E-state index contributed by atoms with van der Waals surface area (Å²) in [7, 11) is 1.64. The number of likely N-dealkylation sites (tertiary alicyclic amines) is 1. The molecule has 2 unspecified atom stereocenters. The average Bonchev–Trinajstić information content (AvgIpc) is 3.41. The molecular formula is C31H34N4O3. The second-order valence-electron chi connectivity index (χ2n) is 10.0. The van der Waals surface area contributed by atoms with Crippen molar-refractivity contribution in [2.45, 2.75) is 39.3 Å². The molecule has 1 fully saturated rings. The molecule has 1 aliphatic heterocycles. The first-order valence-corrected chi connectivity index (χ1v) is 13.1. The summed E-state index contributed by atoms with van der Waals surface area (Å²) in [6, 6.07) is 24.0. The number of benzene rings is 3. The quantitative estimate of drug-likeness (QED) is 0.338. The van der Waals surface area contributed by atoms with Gasteiger partial charge in [-0.1, -0.05) is 59.3 Å². The number of ether oxygens (including phenoxy) is 1. The van der Waals surface area contributed by atoms with E-state index in [4.69, 9.17) is 9.26 Å². The molecule has 2 heterocycles. The predicted octanol–water partition coefficient (Wildman–Crippen LogP) is 5.48. The summed E-state index contributed by atoms with van der Waals surface area (Å²) >= 11 is 0. The van der Waals surface area contributed by atoms with Crippen molar-refractivity contribution in [2.24, 2.45) is 5.92 Å². The van der Waals surface area contributed by atoms with Crippen LogP contribution in [0.1, 0.15) is 47.0 Å². The maximum Gasteiger partial charge on any atom is 0.241 e. The number of nitrogens with zero attached hydrogens (tertiary/aromatic N) is 3. The third-order valence-corrected chi connectivity index (χ3v) is 7.21. The van der Waals surface area contributed by atoms with Gasteiger partial charge in [0.1, 0.15) is 5.75 Å². The smallest absolute Gasteiger partial charge is 0.241 e. The first-order chi connectivity index (χ1) is 18.5. The summed E-state index contributed by atoms with van der Waals surface area (Å²) in [5, 5.41) is 7.52. The Balaban J connectivity index is 1.26. The standard InChI is InChI=1S/C31H34N4O3/c1-21-11-16-27(22(2)18-21)29(23-8-5-4-6-9-23)33-31(36)25-10-7-17-35(19-25)20-28-32-30(34-38-28)24-12-14-26(37-3)15-13-24/h4-6,8-9,11-16,18,25,29H,7,10,17,19-20H2,1-3H3,(H,33,36). The molecule has 0 saturated carbocycles. The second kappa shape index (κ2) is 11.6. The van der Waals surface area contributed by atoms with Gasteiger partial charge in [-0.3, -0.25) is 9.69 Å². The predicted molar refractivity (Wildman–Crippen MR) is 147 cm³/mol. The molecule has 5 rings (SSSR count). The molecular weight excluding hydrogens is 476 g/mol. The van der Waals surface area contributed by atoms with Crippen LogP contribution in [0.25, 0.3) is 11.4 Å². The van der Waals surface area contributed by atoms with Crippen molar-refractivity contribution < 1.29 is 14.1 Å². The lowest BCUT2D eigenvalue weighted by atomic mass is 9.92. The summed E-state index contributed by atoms with van der Waals surface area (Å²) < 4.78 is 10.8. The number of rotatable bonds is 8. The molecule has 196 valence electrons. The van der Waals surface area contributed by atoms with E-state index >= 15 is 0 Å². The highest BCUT2D eigenvalue weighted by atomic mass is 16.5. The van der Waals surface area contributed by atoms with Crippen molar-refractivity contribution in [3.05, 3.63) is 101 Å². The molecule has 0 bridgehead atoms. The molecule has 0 radical (unpaired) electrons. The van der Waals surface area contributed by atoms with E-state index in [-0.39, 0.29) is 17.9 Å². The van der Waals surface area contributed by atoms with E-state index < -0.39 is 0 Å². The largest absolute Gasteiger partial charge is 0.497 e. The van der Waals surface area contributed by atoms with Gasteiger partial charge in [0.2, 0.25) is 17.6 Å². The molecule has 7 nitrogen and oxygen atoms in total. The highest BCUT2D eigenvalue weighted by molar-refractivity contribution is 5.80. The van der Waals surface area contributed by atoms with Gasteiger partial charge in [-0.25, -0.2) is 0 Å². The molecule has 3 aromatic carbocycles. The lowest BCUT2D eigenvalue weighted by Crippen LogP contribution is -2.44. The van der Waals surface area contributed by atoms with E-state index in [1.807, 2.05) is 42.5 Å². The van der Waals surface area contributed by atoms with Crippen LogP contribution in [0.5, 0.6) is 5.75 Å². The molecule has 1 aromatic heterocycles. The first kappa shape index (κ1) is 25.7. The Morgan fingerprint density at radius 1 is 1.11 bits per heavy atom. The van der Waals surface area contributed by atoms with Crippen LogP contribution in [-0.2, 0) is 11.3 Å². The summed E-state index contributed by atoms with van der Waals surface area (Å²) in [5.74, 6) is 1.85. The van der Waals surface area contributed by atoms with Crippen LogP contribution in [0.2, 0.25) is 0 Å². The van der Waals surface area contributed by atoms with Crippen LogP contribution in [0, 0.1) is 19.8 Å². The van der Waals surface area contributed by atoms with Gasteiger partial charge in [0.15, 0.2) is 0 Å². The minimum Gasteiger partial charge on any atom is -0.497 e. The van der Waals surface area contributed by atoms with Crippen LogP contribution in [0.15, 0.2) is 77.3 Å². The zero-order valence-corrected chi connectivity index (χ0v) is 22.2. The monoisotopic (exact) mass is 510 g/mol. The summed E-state index contributed by atoms with van der Waals surface area (Å²) in [4.78, 5) is 20.4. The summed E-state index contributed by atoms with van der Waals surface area (Å²) in [5.41, 5.74) is 5.46. The number of nitrogens with one attached hydrogen (secondary N) is 1. The van der Waals surface area contributed by atoms with Crippen LogP contribution in [-0.4, -0.2) is 41.1 Å². The van der Waals surface area contributed by atoms with Crippen molar-refractivity contribution >= 4 is 5.91 Å². The van der Waals surface area contributed by atoms with E-state index in [0.29, 0.717) is 24.8 Å². The van der Waals surface area contributed by atoms with Crippen molar-refractivity contribution in [2.75, 3.05) is 20.2 Å². The molecule has 1 N–H and O–H groups in total. The van der Waals surface area contributed by atoms with Crippen LogP contribution < -0.4 is 10.1 Å². The van der Waals surface area contributed by atoms with Gasteiger partial charge in [0.05, 0.1) is 25.6 Å². The minimum absolute atomic E-state index is 0.0768. The number of hydrogen-bond donors (Lipinski definition) is 1.